The quantitative estimate of drug-likeness (QED) is 0.869. The molecule has 0 amide bonds. The zero-order valence-electron chi connectivity index (χ0n) is 10.9. The third-order valence-electron chi connectivity index (χ3n) is 3.87. The first-order valence-corrected chi connectivity index (χ1v) is 6.51. The van der Waals surface area contributed by atoms with Gasteiger partial charge in [0.1, 0.15) is 17.2 Å². The molecule has 0 radical (unpaired) electrons. The lowest BCUT2D eigenvalue weighted by atomic mass is 9.84. The number of aryl methyl sites for hydroxylation is 1. The average Bonchev–Trinajstić information content (AvgIpc) is 2.40. The summed E-state index contributed by atoms with van der Waals surface area (Å²) in [5.41, 5.74) is 0.815. The number of fused-ring (bicyclic) bond motifs is 2. The first kappa shape index (κ1) is 13.0. The molecular weight excluding hydrogens is 264 g/mol. The van der Waals surface area contributed by atoms with Gasteiger partial charge >= 0.3 is 5.97 Å². The summed E-state index contributed by atoms with van der Waals surface area (Å²) in [6.45, 7) is 2.01. The van der Waals surface area contributed by atoms with E-state index in [-0.39, 0.29) is 16.5 Å². The van der Waals surface area contributed by atoms with Gasteiger partial charge in [-0.3, -0.25) is 0 Å². The number of carbonyl (C=O) groups is 1. The van der Waals surface area contributed by atoms with Crippen molar-refractivity contribution in [2.24, 2.45) is 5.92 Å². The van der Waals surface area contributed by atoms with Crippen molar-refractivity contribution < 1.29 is 18.7 Å². The van der Waals surface area contributed by atoms with Gasteiger partial charge in [-0.15, -0.1) is 0 Å². The summed E-state index contributed by atoms with van der Waals surface area (Å²) in [6.07, 6.45) is 2.01. The fourth-order valence-electron chi connectivity index (χ4n) is 2.88. The lowest BCUT2D eigenvalue weighted by Crippen LogP contribution is -2.18. The Kier molecular flexibility index (Phi) is 2.92. The van der Waals surface area contributed by atoms with Crippen molar-refractivity contribution in [3.05, 3.63) is 40.6 Å². The van der Waals surface area contributed by atoms with Gasteiger partial charge < -0.3 is 5.11 Å². The van der Waals surface area contributed by atoms with Crippen LogP contribution in [0.4, 0.5) is 8.78 Å². The number of halogens is 2. The second-order valence-electron chi connectivity index (χ2n) is 5.32. The summed E-state index contributed by atoms with van der Waals surface area (Å²) < 4.78 is 27.8. The maximum Gasteiger partial charge on any atom is 0.336 e. The molecule has 0 spiro atoms. The Morgan fingerprint density at radius 1 is 1.35 bits per heavy atom. The van der Waals surface area contributed by atoms with Crippen LogP contribution in [0.2, 0.25) is 0 Å². The summed E-state index contributed by atoms with van der Waals surface area (Å²) >= 11 is 0. The van der Waals surface area contributed by atoms with E-state index >= 15 is 0 Å². The first-order chi connectivity index (χ1) is 9.49. The fraction of sp³-hybridized carbons (Fsp3) is 0.333. The van der Waals surface area contributed by atoms with Crippen molar-refractivity contribution in [1.82, 2.24) is 4.98 Å². The second-order valence-corrected chi connectivity index (χ2v) is 5.32. The number of nitrogens with zero attached hydrogens (tertiary/aromatic N) is 1. The lowest BCUT2D eigenvalue weighted by molar-refractivity contribution is 0.0697. The molecule has 1 aliphatic rings. The molecule has 20 heavy (non-hydrogen) atoms. The monoisotopic (exact) mass is 277 g/mol. The molecule has 1 heterocycles. The molecule has 104 valence electrons. The maximum atomic E-state index is 14.0. The van der Waals surface area contributed by atoms with Gasteiger partial charge in [-0.25, -0.2) is 18.6 Å². The molecule has 1 aliphatic carbocycles. The molecule has 5 heteroatoms. The van der Waals surface area contributed by atoms with Crippen LogP contribution in [-0.4, -0.2) is 16.1 Å². The summed E-state index contributed by atoms with van der Waals surface area (Å²) in [4.78, 5) is 15.7. The van der Waals surface area contributed by atoms with Crippen LogP contribution in [-0.2, 0) is 12.8 Å². The molecule has 0 saturated heterocycles. The Balaban J connectivity index is 2.46. The van der Waals surface area contributed by atoms with E-state index in [1.807, 2.05) is 6.92 Å². The number of benzene rings is 1. The molecule has 1 aromatic carbocycles. The number of carboxylic acid groups (broad SMARTS) is 1. The van der Waals surface area contributed by atoms with Crippen molar-refractivity contribution in [2.75, 3.05) is 0 Å². The highest BCUT2D eigenvalue weighted by atomic mass is 19.1. The van der Waals surface area contributed by atoms with E-state index < -0.39 is 17.6 Å². The molecule has 0 saturated carbocycles. The fourth-order valence-corrected chi connectivity index (χ4v) is 2.88. The molecule has 0 fully saturated rings. The molecule has 0 bridgehead atoms. The van der Waals surface area contributed by atoms with Crippen LogP contribution < -0.4 is 0 Å². The highest BCUT2D eigenvalue weighted by Gasteiger charge is 2.27. The van der Waals surface area contributed by atoms with Gasteiger partial charge in [0.15, 0.2) is 0 Å². The van der Waals surface area contributed by atoms with Crippen LogP contribution >= 0.6 is 0 Å². The zero-order valence-corrected chi connectivity index (χ0v) is 10.9. The molecular formula is C15H13F2NO2. The summed E-state index contributed by atoms with van der Waals surface area (Å²) in [5, 5.41) is 9.21. The van der Waals surface area contributed by atoms with Gasteiger partial charge in [0.2, 0.25) is 0 Å². The number of aromatic carboxylic acids is 1. The molecule has 1 aromatic heterocycles. The zero-order chi connectivity index (χ0) is 14.4. The largest absolute Gasteiger partial charge is 0.478 e. The van der Waals surface area contributed by atoms with E-state index in [0.717, 1.165) is 18.6 Å². The molecule has 1 N–H and O–H groups in total. The van der Waals surface area contributed by atoms with Crippen molar-refractivity contribution in [2.45, 2.75) is 26.2 Å². The van der Waals surface area contributed by atoms with E-state index in [9.17, 15) is 18.7 Å². The van der Waals surface area contributed by atoms with E-state index in [4.69, 9.17) is 0 Å². The van der Waals surface area contributed by atoms with Crippen LogP contribution in [0.25, 0.3) is 10.9 Å². The number of hydrogen-bond donors (Lipinski definition) is 1. The third kappa shape index (κ3) is 1.85. The normalized spacial score (nSPS) is 18.1. The number of pyridine rings is 1. The predicted molar refractivity (Wildman–Crippen MR) is 69.8 cm³/mol. The lowest BCUT2D eigenvalue weighted by Gasteiger charge is -2.23. The van der Waals surface area contributed by atoms with Gasteiger partial charge in [0, 0.05) is 5.69 Å². The minimum absolute atomic E-state index is 0.131. The first-order valence-electron chi connectivity index (χ1n) is 6.51. The van der Waals surface area contributed by atoms with Crippen LogP contribution in [0.3, 0.4) is 0 Å². The van der Waals surface area contributed by atoms with Crippen LogP contribution in [0.15, 0.2) is 12.1 Å². The topological polar surface area (TPSA) is 50.2 Å². The predicted octanol–water partition coefficient (Wildman–Crippen LogP) is 3.34. The maximum absolute atomic E-state index is 14.0. The summed E-state index contributed by atoms with van der Waals surface area (Å²) in [5.74, 6) is -2.35. The van der Waals surface area contributed by atoms with Crippen LogP contribution in [0, 0.1) is 17.6 Å². The molecule has 0 aliphatic heterocycles. The van der Waals surface area contributed by atoms with Crippen LogP contribution in [0.5, 0.6) is 0 Å². The van der Waals surface area contributed by atoms with Crippen LogP contribution in [0.1, 0.15) is 35.0 Å². The van der Waals surface area contributed by atoms with Gasteiger partial charge in [-0.2, -0.15) is 0 Å². The van der Waals surface area contributed by atoms with E-state index in [0.29, 0.717) is 30.0 Å². The number of rotatable bonds is 1. The highest BCUT2D eigenvalue weighted by molar-refractivity contribution is 6.04. The number of hydrogen-bond acceptors (Lipinski definition) is 2. The van der Waals surface area contributed by atoms with Crippen molar-refractivity contribution >= 4 is 16.9 Å². The van der Waals surface area contributed by atoms with Gasteiger partial charge in [-0.05, 0) is 42.9 Å². The number of carboxylic acids is 1. The molecule has 1 unspecified atom stereocenters. The third-order valence-corrected chi connectivity index (χ3v) is 3.87. The Labute approximate surface area is 114 Å². The Morgan fingerprint density at radius 3 is 2.75 bits per heavy atom. The van der Waals surface area contributed by atoms with Crippen molar-refractivity contribution in [1.29, 1.82) is 0 Å². The minimum Gasteiger partial charge on any atom is -0.478 e. The number of aromatic nitrogens is 1. The van der Waals surface area contributed by atoms with Gasteiger partial charge in [0.25, 0.3) is 0 Å². The highest BCUT2D eigenvalue weighted by Crippen LogP contribution is 2.33. The molecule has 3 rings (SSSR count). The van der Waals surface area contributed by atoms with Gasteiger partial charge in [0.05, 0.1) is 10.9 Å². The summed E-state index contributed by atoms with van der Waals surface area (Å²) in [6, 6.07) is 1.93. The second kappa shape index (κ2) is 4.51. The molecule has 2 aromatic rings. The SMILES string of the molecule is CC1CCc2nc3c(F)ccc(F)c3c(C(=O)O)c2C1. The Bertz CT molecular complexity index is 728. The Hall–Kier alpha value is -2.04. The van der Waals surface area contributed by atoms with E-state index in [1.54, 1.807) is 0 Å². The molecule has 1 atom stereocenters. The van der Waals surface area contributed by atoms with Crippen molar-refractivity contribution in [3.63, 3.8) is 0 Å². The van der Waals surface area contributed by atoms with E-state index in [1.165, 1.54) is 0 Å². The Morgan fingerprint density at radius 2 is 2.05 bits per heavy atom. The minimum atomic E-state index is -1.23. The standard InChI is InChI=1S/C15H13F2NO2/c1-7-2-5-11-8(6-7)12(15(19)20)13-9(16)3-4-10(17)14(13)18-11/h3-4,7H,2,5-6H2,1H3,(H,19,20). The van der Waals surface area contributed by atoms with E-state index in [2.05, 4.69) is 4.98 Å². The summed E-state index contributed by atoms with van der Waals surface area (Å²) in [7, 11) is 0. The van der Waals surface area contributed by atoms with Gasteiger partial charge in [-0.1, -0.05) is 6.92 Å². The smallest absolute Gasteiger partial charge is 0.336 e. The van der Waals surface area contributed by atoms with Crippen molar-refractivity contribution in [3.8, 4) is 0 Å². The molecule has 3 nitrogen and oxygen atoms in total. The average molecular weight is 277 g/mol.